The van der Waals surface area contributed by atoms with Crippen molar-refractivity contribution in [2.24, 2.45) is 0 Å². The monoisotopic (exact) mass is 923 g/mol. The van der Waals surface area contributed by atoms with Crippen LogP contribution in [0.15, 0.2) is 96.6 Å². The summed E-state index contributed by atoms with van der Waals surface area (Å²) in [4.78, 5) is 29.0. The standard InChI is InChI=1S/C12H13ClN4O.C9H5Cl2N3.C9H6ClN3O.C3H9NO.Cl3OP/c1-3-17(2)18-10-7-11(13)15-16-12(10)9-5-4-6-14-8-9;10-7-4-8(11)13-14-9(7)6-2-1-3-12-5-6;10-8-4-7(14)9(13-12-8)6-2-1-3-11-5-6;1-3-4(2)5;1-5(2,3)4/h4-8H,3H2,1-2H3;1-5H;1-5H,(H,12,14);5H,3H2,1-2H3;. The maximum Gasteiger partial charge on any atom is 0.339 e. The van der Waals surface area contributed by atoms with Crippen LogP contribution in [0.25, 0.3) is 33.8 Å². The first-order chi connectivity index (χ1) is 26.5. The molecule has 0 aliphatic heterocycles. The van der Waals surface area contributed by atoms with Gasteiger partial charge in [-0.2, -0.15) is 10.2 Å². The molecule has 6 rings (SSSR count). The fourth-order valence-electron chi connectivity index (χ4n) is 3.49. The number of hydroxylamine groups is 4. The predicted octanol–water partition coefficient (Wildman–Crippen LogP) is 9.91. The van der Waals surface area contributed by atoms with Gasteiger partial charge in [0, 0.05) is 93.2 Å². The molecule has 0 radical (unpaired) electrons. The maximum atomic E-state index is 11.4. The van der Waals surface area contributed by atoms with Crippen LogP contribution in [0.2, 0.25) is 20.5 Å². The second-order valence-electron chi connectivity index (χ2n) is 10.3. The average Bonchev–Trinajstić information content (AvgIpc) is 3.16. The Morgan fingerprint density at radius 2 is 1.16 bits per heavy atom. The smallest absolute Gasteiger partial charge is 0.339 e. The number of nitrogens with one attached hydrogen (secondary N) is 1. The lowest BCUT2D eigenvalue weighted by Gasteiger charge is -2.17. The highest BCUT2D eigenvalue weighted by atomic mass is 36.0. The molecule has 6 aromatic heterocycles. The molecule has 15 nitrogen and oxygen atoms in total. The fourth-order valence-corrected chi connectivity index (χ4v) is 4.22. The van der Waals surface area contributed by atoms with Gasteiger partial charge in [-0.1, -0.05) is 53.3 Å². The molecule has 0 amide bonds. The molecule has 0 atom stereocenters. The number of hydrogen-bond acceptors (Lipinski definition) is 14. The first kappa shape index (κ1) is 48.6. The van der Waals surface area contributed by atoms with E-state index < -0.39 is 5.20 Å². The first-order valence-corrected chi connectivity index (χ1v) is 21.6. The van der Waals surface area contributed by atoms with Crippen molar-refractivity contribution in [1.29, 1.82) is 0 Å². The van der Waals surface area contributed by atoms with E-state index in [0.717, 1.165) is 22.7 Å². The molecule has 0 unspecified atom stereocenters. The van der Waals surface area contributed by atoms with E-state index in [1.807, 2.05) is 45.2 Å². The van der Waals surface area contributed by atoms with E-state index in [4.69, 9.17) is 56.4 Å². The molecule has 2 N–H and O–H groups in total. The van der Waals surface area contributed by atoms with Crippen LogP contribution in [0, 0.1) is 0 Å². The lowest BCUT2D eigenvalue weighted by atomic mass is 10.2. The number of hydrogen-bond donors (Lipinski definition) is 2. The normalized spacial score (nSPS) is 10.4. The van der Waals surface area contributed by atoms with Gasteiger partial charge in [0.2, 0.25) is 5.43 Å². The molecule has 6 aromatic rings. The molecule has 0 spiro atoms. The Balaban J connectivity index is 0.000000261. The average molecular weight is 927 g/mol. The minimum atomic E-state index is -3.22. The van der Waals surface area contributed by atoms with Crippen LogP contribution < -0.4 is 10.3 Å². The molecule has 23 heteroatoms. The van der Waals surface area contributed by atoms with Gasteiger partial charge in [-0.25, -0.2) is 0 Å². The lowest BCUT2D eigenvalue weighted by molar-refractivity contribution is -0.0596. The van der Waals surface area contributed by atoms with Gasteiger partial charge in [-0.3, -0.25) is 29.4 Å². The Labute approximate surface area is 356 Å². The Morgan fingerprint density at radius 1 is 0.714 bits per heavy atom. The van der Waals surface area contributed by atoms with E-state index >= 15 is 0 Å². The van der Waals surface area contributed by atoms with E-state index in [2.05, 4.69) is 79.3 Å². The molecule has 0 fully saturated rings. The van der Waals surface area contributed by atoms with E-state index in [1.165, 1.54) is 6.07 Å². The van der Waals surface area contributed by atoms with Gasteiger partial charge in [-0.15, -0.1) is 25.5 Å². The maximum absolute atomic E-state index is 11.4. The third-order valence-corrected chi connectivity index (χ3v) is 7.03. The van der Waals surface area contributed by atoms with Crippen LogP contribution >= 0.6 is 85.3 Å². The molecule has 298 valence electrons. The van der Waals surface area contributed by atoms with Crippen molar-refractivity contribution in [2.75, 3.05) is 27.2 Å². The molecule has 0 saturated carbocycles. The number of nitrogens with zero attached hydrogens (tertiary/aromatic N) is 10. The van der Waals surface area contributed by atoms with Crippen molar-refractivity contribution >= 4 is 85.3 Å². The van der Waals surface area contributed by atoms with Gasteiger partial charge in [0.15, 0.2) is 16.1 Å². The Hall–Kier alpha value is -3.57. The summed E-state index contributed by atoms with van der Waals surface area (Å²) in [5, 5.41) is 30.9. The summed E-state index contributed by atoms with van der Waals surface area (Å²) in [6, 6.07) is 15.4. The largest absolute Gasteiger partial charge is 0.404 e. The highest BCUT2D eigenvalue weighted by molar-refractivity contribution is 8.24. The van der Waals surface area contributed by atoms with E-state index in [1.54, 1.807) is 73.6 Å². The van der Waals surface area contributed by atoms with E-state index in [-0.39, 0.29) is 15.7 Å². The van der Waals surface area contributed by atoms with E-state index in [0.29, 0.717) is 45.1 Å². The van der Waals surface area contributed by atoms with Gasteiger partial charge in [0.25, 0.3) is 0 Å². The van der Waals surface area contributed by atoms with Crippen LogP contribution in [-0.4, -0.2) is 88.1 Å². The molecule has 0 aliphatic rings. The van der Waals surface area contributed by atoms with Gasteiger partial charge in [0.05, 0.1) is 5.02 Å². The van der Waals surface area contributed by atoms with Crippen LogP contribution in [0.4, 0.5) is 0 Å². The zero-order chi connectivity index (χ0) is 41.7. The van der Waals surface area contributed by atoms with Crippen molar-refractivity contribution in [3.05, 3.63) is 122 Å². The Bertz CT molecular complexity index is 2150. The van der Waals surface area contributed by atoms with Crippen LogP contribution in [0.5, 0.6) is 5.75 Å². The molecule has 6 heterocycles. The Morgan fingerprint density at radius 3 is 1.57 bits per heavy atom. The molecule has 0 aromatic carbocycles. The predicted molar refractivity (Wildman–Crippen MR) is 223 cm³/mol. The van der Waals surface area contributed by atoms with Gasteiger partial charge >= 0.3 is 5.20 Å². The van der Waals surface area contributed by atoms with Crippen LogP contribution in [0.1, 0.15) is 13.8 Å². The zero-order valence-corrected chi connectivity index (χ0v) is 36.0. The lowest BCUT2D eigenvalue weighted by Crippen LogP contribution is -2.22. The molecule has 0 aliphatic carbocycles. The van der Waals surface area contributed by atoms with Crippen molar-refractivity contribution in [3.63, 3.8) is 0 Å². The molecule has 0 saturated heterocycles. The molecular weight excluding hydrogens is 894 g/mol. The summed E-state index contributed by atoms with van der Waals surface area (Å²) >= 11 is 36.8. The summed E-state index contributed by atoms with van der Waals surface area (Å²) < 4.78 is 9.51. The van der Waals surface area contributed by atoms with Crippen LogP contribution in [0.3, 0.4) is 0 Å². The van der Waals surface area contributed by atoms with Gasteiger partial charge in [0.1, 0.15) is 22.2 Å². The highest BCUT2D eigenvalue weighted by Crippen LogP contribution is 2.61. The summed E-state index contributed by atoms with van der Waals surface area (Å²) in [5.41, 5.74) is 3.63. The van der Waals surface area contributed by atoms with Crippen molar-refractivity contribution < 1.29 is 14.6 Å². The Kier molecular flexibility index (Phi) is 22.2. The van der Waals surface area contributed by atoms with Crippen molar-refractivity contribution in [2.45, 2.75) is 13.8 Å². The summed E-state index contributed by atoms with van der Waals surface area (Å²) in [5.74, 6) is 0.562. The van der Waals surface area contributed by atoms with E-state index in [9.17, 15) is 9.36 Å². The summed E-state index contributed by atoms with van der Waals surface area (Å²) in [7, 11) is 3.45. The second kappa shape index (κ2) is 25.6. The quantitative estimate of drug-likeness (QED) is 0.114. The first-order valence-electron chi connectivity index (χ1n) is 15.7. The minimum absolute atomic E-state index is 0.221. The van der Waals surface area contributed by atoms with Crippen LogP contribution in [-0.2, 0) is 4.57 Å². The van der Waals surface area contributed by atoms with Gasteiger partial charge < -0.3 is 10.0 Å². The third-order valence-electron chi connectivity index (χ3n) is 6.17. The number of rotatable bonds is 7. The van der Waals surface area contributed by atoms with Gasteiger partial charge in [-0.05, 0) is 83.1 Å². The summed E-state index contributed by atoms with van der Waals surface area (Å²) in [6.07, 6.45) is 9.96. The highest BCUT2D eigenvalue weighted by Gasteiger charge is 2.13. The molecule has 56 heavy (non-hydrogen) atoms. The second-order valence-corrected chi connectivity index (χ2v) is 18.5. The van der Waals surface area contributed by atoms with Crippen molar-refractivity contribution in [1.82, 2.24) is 55.7 Å². The molecular formula is C33H33Cl7N11O4P. The number of H-pyrrole nitrogens is 1. The fraction of sp³-hybridized carbons (Fsp3) is 0.182. The molecule has 0 bridgehead atoms. The SMILES string of the molecule is CCN(C)O.CCN(C)Oc1cc(Cl)nnc1-c1cccnc1.Clc1cc(Cl)c(-c2cccnc2)nn1.O=P(Cl)(Cl)Cl.O=c1cc(Cl)[nH]nc1-c1cccnc1. The number of pyridine rings is 3. The number of aromatic amines is 1. The zero-order valence-electron chi connectivity index (χ0n) is 29.8. The number of halogens is 7. The minimum Gasteiger partial charge on any atom is -0.404 e. The van der Waals surface area contributed by atoms with Crippen molar-refractivity contribution in [3.8, 4) is 39.5 Å². The topological polar surface area (TPSA) is 189 Å². The third kappa shape index (κ3) is 19.5. The summed E-state index contributed by atoms with van der Waals surface area (Å²) in [6.45, 7) is 5.30. The number of aromatic nitrogens is 9.